The molecule has 2 N–H and O–H groups in total. The van der Waals surface area contributed by atoms with Crippen molar-refractivity contribution in [3.05, 3.63) is 0 Å². The summed E-state index contributed by atoms with van der Waals surface area (Å²) in [6, 6.07) is 0. The topological polar surface area (TPSA) is 67.4 Å². The summed E-state index contributed by atoms with van der Waals surface area (Å²) in [6.45, 7) is 1.15. The Bertz CT molecular complexity index is 378. The molecule has 1 amide bonds. The Hall–Kier alpha value is -1.31. The minimum Gasteiger partial charge on any atom is -0.453 e. The molecule has 2 rings (SSSR count). The molecule has 19 heavy (non-hydrogen) atoms. The molecular weight excluding hydrogens is 265 g/mol. The molecule has 0 aromatic carbocycles. The third kappa shape index (κ3) is 2.99. The third-order valence-electron chi connectivity index (χ3n) is 3.76. The van der Waals surface area contributed by atoms with Gasteiger partial charge in [-0.25, -0.2) is 4.79 Å². The van der Waals surface area contributed by atoms with E-state index < -0.39 is 23.7 Å². The lowest BCUT2D eigenvalue weighted by Crippen LogP contribution is -2.57. The molecule has 2 aliphatic heterocycles. The summed E-state index contributed by atoms with van der Waals surface area (Å²) in [5, 5.41) is 5.54. The Morgan fingerprint density at radius 1 is 1.32 bits per heavy atom. The van der Waals surface area contributed by atoms with Crippen LogP contribution in [0, 0.1) is 5.41 Å². The monoisotopic (exact) mass is 280 g/mol. The quantitative estimate of drug-likeness (QED) is 0.680. The number of piperidine rings is 2. The Kier molecular flexibility index (Phi) is 3.71. The average Bonchev–Trinajstić information content (AvgIpc) is 2.32. The van der Waals surface area contributed by atoms with Gasteiger partial charge in [-0.1, -0.05) is 0 Å². The first kappa shape index (κ1) is 14.1. The van der Waals surface area contributed by atoms with Crippen LogP contribution in [-0.2, 0) is 14.3 Å². The van der Waals surface area contributed by atoms with E-state index in [1.165, 1.54) is 0 Å². The number of hydrogen-bond donors (Lipinski definition) is 2. The van der Waals surface area contributed by atoms with Crippen molar-refractivity contribution in [1.82, 2.24) is 10.6 Å². The lowest BCUT2D eigenvalue weighted by atomic mass is 9.69. The van der Waals surface area contributed by atoms with Gasteiger partial charge < -0.3 is 15.4 Å². The van der Waals surface area contributed by atoms with Gasteiger partial charge in [-0.15, -0.1) is 0 Å². The SMILES string of the molecule is O=C1CC2(CCNCC2)C(OC(=O)C(F)(F)F)CN1. The molecule has 0 aliphatic carbocycles. The second kappa shape index (κ2) is 4.99. The summed E-state index contributed by atoms with van der Waals surface area (Å²) in [6.07, 6.45) is -4.77. The number of halogens is 3. The van der Waals surface area contributed by atoms with Crippen LogP contribution < -0.4 is 10.6 Å². The van der Waals surface area contributed by atoms with E-state index in [1.807, 2.05) is 0 Å². The third-order valence-corrected chi connectivity index (χ3v) is 3.76. The molecule has 1 atom stereocenters. The summed E-state index contributed by atoms with van der Waals surface area (Å²) in [4.78, 5) is 22.4. The van der Waals surface area contributed by atoms with Crippen LogP contribution in [0.2, 0.25) is 0 Å². The van der Waals surface area contributed by atoms with Crippen LogP contribution in [0.5, 0.6) is 0 Å². The van der Waals surface area contributed by atoms with Gasteiger partial charge in [0.15, 0.2) is 0 Å². The van der Waals surface area contributed by atoms with Crippen molar-refractivity contribution in [1.29, 1.82) is 0 Å². The van der Waals surface area contributed by atoms with E-state index in [0.29, 0.717) is 25.9 Å². The van der Waals surface area contributed by atoms with E-state index >= 15 is 0 Å². The highest BCUT2D eigenvalue weighted by molar-refractivity contribution is 5.79. The maximum absolute atomic E-state index is 12.3. The van der Waals surface area contributed by atoms with Gasteiger partial charge in [-0.3, -0.25) is 4.79 Å². The molecule has 2 aliphatic rings. The number of alkyl halides is 3. The average molecular weight is 280 g/mol. The molecular formula is C11H15F3N2O3. The van der Waals surface area contributed by atoms with E-state index in [2.05, 4.69) is 15.4 Å². The fraction of sp³-hybridized carbons (Fsp3) is 0.818. The van der Waals surface area contributed by atoms with Gasteiger partial charge in [0.1, 0.15) is 6.10 Å². The Morgan fingerprint density at radius 2 is 1.95 bits per heavy atom. The first-order valence-electron chi connectivity index (χ1n) is 6.09. The van der Waals surface area contributed by atoms with E-state index in [1.54, 1.807) is 0 Å². The molecule has 8 heteroatoms. The van der Waals surface area contributed by atoms with Crippen molar-refractivity contribution >= 4 is 11.9 Å². The van der Waals surface area contributed by atoms with Crippen LogP contribution in [0.15, 0.2) is 0 Å². The van der Waals surface area contributed by atoms with Crippen LogP contribution >= 0.6 is 0 Å². The zero-order valence-corrected chi connectivity index (χ0v) is 10.2. The van der Waals surface area contributed by atoms with Crippen molar-refractivity contribution in [3.8, 4) is 0 Å². The molecule has 1 unspecified atom stereocenters. The van der Waals surface area contributed by atoms with E-state index in [9.17, 15) is 22.8 Å². The second-order valence-electron chi connectivity index (χ2n) is 4.98. The number of ether oxygens (including phenoxy) is 1. The van der Waals surface area contributed by atoms with Crippen LogP contribution in [0.3, 0.4) is 0 Å². The van der Waals surface area contributed by atoms with Gasteiger partial charge in [-0.2, -0.15) is 13.2 Å². The Morgan fingerprint density at radius 3 is 2.53 bits per heavy atom. The molecule has 0 aromatic heterocycles. The number of esters is 1. The second-order valence-corrected chi connectivity index (χ2v) is 4.98. The number of carbonyl (C=O) groups excluding carboxylic acids is 2. The molecule has 0 aromatic rings. The van der Waals surface area contributed by atoms with E-state index in [-0.39, 0.29) is 18.9 Å². The summed E-state index contributed by atoms with van der Waals surface area (Å²) in [7, 11) is 0. The smallest absolute Gasteiger partial charge is 0.453 e. The summed E-state index contributed by atoms with van der Waals surface area (Å²) in [5.74, 6) is -2.40. The van der Waals surface area contributed by atoms with Crippen molar-refractivity contribution in [2.24, 2.45) is 5.41 Å². The fourth-order valence-electron chi connectivity index (χ4n) is 2.71. The maximum Gasteiger partial charge on any atom is 0.490 e. The van der Waals surface area contributed by atoms with Crippen LogP contribution in [0.1, 0.15) is 19.3 Å². The molecule has 0 bridgehead atoms. The summed E-state index contributed by atoms with van der Waals surface area (Å²) < 4.78 is 41.4. The van der Waals surface area contributed by atoms with Crippen molar-refractivity contribution in [2.45, 2.75) is 31.5 Å². The number of rotatable bonds is 1. The molecule has 0 saturated carbocycles. The minimum absolute atomic E-state index is 0.0549. The molecule has 5 nitrogen and oxygen atoms in total. The van der Waals surface area contributed by atoms with Gasteiger partial charge in [0.05, 0.1) is 6.54 Å². The van der Waals surface area contributed by atoms with Gasteiger partial charge in [0.25, 0.3) is 0 Å². The summed E-state index contributed by atoms with van der Waals surface area (Å²) >= 11 is 0. The highest BCUT2D eigenvalue weighted by atomic mass is 19.4. The molecule has 108 valence electrons. The van der Waals surface area contributed by atoms with E-state index in [0.717, 1.165) is 0 Å². The predicted molar refractivity (Wildman–Crippen MR) is 58.1 cm³/mol. The number of nitrogens with one attached hydrogen (secondary N) is 2. The molecule has 2 fully saturated rings. The first-order valence-corrected chi connectivity index (χ1v) is 6.09. The number of amides is 1. The zero-order valence-electron chi connectivity index (χ0n) is 10.2. The van der Waals surface area contributed by atoms with Crippen LogP contribution in [-0.4, -0.2) is 43.8 Å². The van der Waals surface area contributed by atoms with Gasteiger partial charge in [0.2, 0.25) is 5.91 Å². The maximum atomic E-state index is 12.3. The van der Waals surface area contributed by atoms with Crippen LogP contribution in [0.25, 0.3) is 0 Å². The van der Waals surface area contributed by atoms with Gasteiger partial charge in [0, 0.05) is 11.8 Å². The highest BCUT2D eigenvalue weighted by Crippen LogP contribution is 2.40. The van der Waals surface area contributed by atoms with E-state index in [4.69, 9.17) is 0 Å². The van der Waals surface area contributed by atoms with Gasteiger partial charge >= 0.3 is 12.1 Å². The number of carbonyl (C=O) groups is 2. The lowest BCUT2D eigenvalue weighted by molar-refractivity contribution is -0.213. The molecule has 2 saturated heterocycles. The van der Waals surface area contributed by atoms with Crippen molar-refractivity contribution < 1.29 is 27.5 Å². The Labute approximate surface area is 107 Å². The van der Waals surface area contributed by atoms with Crippen molar-refractivity contribution in [2.75, 3.05) is 19.6 Å². The number of hydrogen-bond acceptors (Lipinski definition) is 4. The molecule has 0 radical (unpaired) electrons. The van der Waals surface area contributed by atoms with Crippen LogP contribution in [0.4, 0.5) is 13.2 Å². The minimum atomic E-state index is -5.00. The lowest BCUT2D eigenvalue weighted by Gasteiger charge is -2.45. The predicted octanol–water partition coefficient (Wildman–Crippen LogP) is 0.350. The largest absolute Gasteiger partial charge is 0.490 e. The molecule has 1 spiro atoms. The summed E-state index contributed by atoms with van der Waals surface area (Å²) in [5.41, 5.74) is -0.672. The van der Waals surface area contributed by atoms with Crippen molar-refractivity contribution in [3.63, 3.8) is 0 Å². The normalized spacial score (nSPS) is 26.9. The fourth-order valence-corrected chi connectivity index (χ4v) is 2.71. The highest BCUT2D eigenvalue weighted by Gasteiger charge is 2.50. The first-order chi connectivity index (χ1) is 8.83. The molecule has 2 heterocycles. The standard InChI is InChI=1S/C11H15F3N2O3/c12-11(13,14)9(18)19-7-6-16-8(17)5-10(7)1-3-15-4-2-10/h7,15H,1-6H2,(H,16,17). The van der Waals surface area contributed by atoms with Gasteiger partial charge in [-0.05, 0) is 25.9 Å². The zero-order chi connectivity index (χ0) is 14.1. The Balaban J connectivity index is 2.12.